The minimum absolute atomic E-state index is 0.687. The van der Waals surface area contributed by atoms with Crippen LogP contribution in [0, 0.1) is 5.92 Å². The van der Waals surface area contributed by atoms with Crippen LogP contribution in [0.2, 0.25) is 0 Å². The fraction of sp³-hybridized carbons (Fsp3) is 0.636. The highest BCUT2D eigenvalue weighted by molar-refractivity contribution is 5.15. The monoisotopic (exact) mass is 165 g/mol. The third-order valence-corrected chi connectivity index (χ3v) is 2.74. The van der Waals surface area contributed by atoms with Crippen LogP contribution >= 0.6 is 0 Å². The van der Waals surface area contributed by atoms with E-state index in [1.54, 1.807) is 0 Å². The Labute approximate surface area is 75.8 Å². The summed E-state index contributed by atoms with van der Waals surface area (Å²) in [7, 11) is 2.19. The minimum atomic E-state index is 0.687. The van der Waals surface area contributed by atoms with E-state index in [0.29, 0.717) is 5.92 Å². The average Bonchev–Trinajstić information content (AvgIpc) is 2.29. The molecule has 0 spiro atoms. The summed E-state index contributed by atoms with van der Waals surface area (Å²) in [4.78, 5) is 2.40. The van der Waals surface area contributed by atoms with Crippen molar-refractivity contribution in [2.75, 3.05) is 20.1 Å². The second kappa shape index (κ2) is 4.46. The van der Waals surface area contributed by atoms with Gasteiger partial charge in [-0.15, -0.1) is 0 Å². The van der Waals surface area contributed by atoms with E-state index < -0.39 is 0 Å². The van der Waals surface area contributed by atoms with Crippen molar-refractivity contribution in [3.63, 3.8) is 0 Å². The molecule has 0 saturated carbocycles. The van der Waals surface area contributed by atoms with Crippen molar-refractivity contribution >= 4 is 0 Å². The summed E-state index contributed by atoms with van der Waals surface area (Å²) >= 11 is 0. The summed E-state index contributed by atoms with van der Waals surface area (Å²) in [5.74, 6) is 0.687. The molecule has 0 N–H and O–H groups in total. The van der Waals surface area contributed by atoms with E-state index in [1.807, 2.05) is 6.08 Å². The van der Waals surface area contributed by atoms with Crippen LogP contribution in [0.1, 0.15) is 19.3 Å². The second-order valence-corrected chi connectivity index (χ2v) is 3.71. The molecule has 0 amide bonds. The van der Waals surface area contributed by atoms with Gasteiger partial charge in [0.25, 0.3) is 0 Å². The van der Waals surface area contributed by atoms with Crippen LogP contribution in [0.15, 0.2) is 24.8 Å². The summed E-state index contributed by atoms with van der Waals surface area (Å²) in [6.07, 6.45) is 5.75. The summed E-state index contributed by atoms with van der Waals surface area (Å²) in [6, 6.07) is 0. The summed E-state index contributed by atoms with van der Waals surface area (Å²) in [5.41, 5.74) is 1.23. The van der Waals surface area contributed by atoms with Gasteiger partial charge in [0.15, 0.2) is 0 Å². The normalized spacial score (nSPS) is 26.2. The van der Waals surface area contributed by atoms with E-state index in [2.05, 4.69) is 25.1 Å². The van der Waals surface area contributed by atoms with Crippen molar-refractivity contribution in [1.29, 1.82) is 0 Å². The van der Waals surface area contributed by atoms with Crippen molar-refractivity contribution in [2.45, 2.75) is 19.3 Å². The molecule has 0 bridgehead atoms. The molecule has 0 aromatic heterocycles. The maximum absolute atomic E-state index is 4.03. The summed E-state index contributed by atoms with van der Waals surface area (Å²) in [6.45, 7) is 10.2. The molecule has 1 heteroatoms. The first-order chi connectivity index (χ1) is 5.74. The van der Waals surface area contributed by atoms with E-state index in [-0.39, 0.29) is 0 Å². The second-order valence-electron chi connectivity index (χ2n) is 3.71. The Morgan fingerprint density at radius 3 is 2.83 bits per heavy atom. The Balaban J connectivity index is 2.45. The van der Waals surface area contributed by atoms with Crippen LogP contribution in [-0.4, -0.2) is 25.0 Å². The fourth-order valence-electron chi connectivity index (χ4n) is 1.78. The van der Waals surface area contributed by atoms with E-state index in [0.717, 1.165) is 0 Å². The highest BCUT2D eigenvalue weighted by atomic mass is 15.1. The van der Waals surface area contributed by atoms with Crippen LogP contribution in [0.5, 0.6) is 0 Å². The van der Waals surface area contributed by atoms with Crippen LogP contribution in [0.25, 0.3) is 0 Å². The molecule has 1 unspecified atom stereocenters. The van der Waals surface area contributed by atoms with Gasteiger partial charge in [0.2, 0.25) is 0 Å². The van der Waals surface area contributed by atoms with Crippen molar-refractivity contribution in [3.8, 4) is 0 Å². The number of hydrogen-bond donors (Lipinski definition) is 0. The maximum Gasteiger partial charge on any atom is -0.00160 e. The Bertz CT molecular complexity index is 172. The quantitative estimate of drug-likeness (QED) is 0.568. The van der Waals surface area contributed by atoms with Gasteiger partial charge in [-0.25, -0.2) is 0 Å². The van der Waals surface area contributed by atoms with Gasteiger partial charge in [0.05, 0.1) is 0 Å². The molecule has 0 aliphatic carbocycles. The zero-order valence-electron chi connectivity index (χ0n) is 8.05. The standard InChI is InChI=1S/C11H19N/c1-4-10(2)11-6-5-8-12(3)9-7-11/h4,11H,1-2,5-9H2,3H3. The topological polar surface area (TPSA) is 3.24 Å². The molecule has 1 aliphatic heterocycles. The molecule has 0 radical (unpaired) electrons. The molecule has 0 aromatic rings. The number of rotatable bonds is 2. The molecule has 1 atom stereocenters. The lowest BCUT2D eigenvalue weighted by Gasteiger charge is -2.14. The summed E-state index contributed by atoms with van der Waals surface area (Å²) < 4.78 is 0. The predicted octanol–water partition coefficient (Wildman–Crippen LogP) is 2.46. The zero-order chi connectivity index (χ0) is 8.97. The van der Waals surface area contributed by atoms with Gasteiger partial charge in [0.1, 0.15) is 0 Å². The molecule has 1 aliphatic rings. The molecule has 1 saturated heterocycles. The Kier molecular flexibility index (Phi) is 3.54. The lowest BCUT2D eigenvalue weighted by molar-refractivity contribution is 0.346. The Morgan fingerprint density at radius 2 is 2.17 bits per heavy atom. The number of allylic oxidation sites excluding steroid dienone is 2. The number of hydrogen-bond acceptors (Lipinski definition) is 1. The van der Waals surface area contributed by atoms with Crippen LogP contribution < -0.4 is 0 Å². The van der Waals surface area contributed by atoms with Crippen LogP contribution in [0.4, 0.5) is 0 Å². The zero-order valence-corrected chi connectivity index (χ0v) is 8.05. The van der Waals surface area contributed by atoms with Gasteiger partial charge in [0, 0.05) is 0 Å². The lowest BCUT2D eigenvalue weighted by atomic mass is 9.93. The van der Waals surface area contributed by atoms with Crippen molar-refractivity contribution in [3.05, 3.63) is 24.8 Å². The average molecular weight is 165 g/mol. The maximum atomic E-state index is 4.03. The largest absolute Gasteiger partial charge is 0.306 e. The number of nitrogens with zero attached hydrogens (tertiary/aromatic N) is 1. The smallest absolute Gasteiger partial charge is 0.00160 e. The molecule has 1 rings (SSSR count). The number of likely N-dealkylation sites (tertiary alicyclic amines) is 1. The van der Waals surface area contributed by atoms with Crippen LogP contribution in [-0.2, 0) is 0 Å². The van der Waals surface area contributed by atoms with E-state index in [4.69, 9.17) is 0 Å². The van der Waals surface area contributed by atoms with Crippen molar-refractivity contribution in [1.82, 2.24) is 4.90 Å². The van der Waals surface area contributed by atoms with E-state index >= 15 is 0 Å². The molecule has 12 heavy (non-hydrogen) atoms. The minimum Gasteiger partial charge on any atom is -0.306 e. The lowest BCUT2D eigenvalue weighted by Crippen LogP contribution is -2.18. The van der Waals surface area contributed by atoms with Gasteiger partial charge in [-0.05, 0) is 45.3 Å². The molecule has 1 heterocycles. The third kappa shape index (κ3) is 2.49. The molecule has 0 aromatic carbocycles. The molecular weight excluding hydrogens is 146 g/mol. The highest BCUT2D eigenvalue weighted by Crippen LogP contribution is 2.23. The first-order valence-electron chi connectivity index (χ1n) is 4.74. The van der Waals surface area contributed by atoms with Gasteiger partial charge in [-0.3, -0.25) is 0 Å². The molecule has 1 nitrogen and oxygen atoms in total. The predicted molar refractivity (Wildman–Crippen MR) is 54.2 cm³/mol. The SMILES string of the molecule is C=CC(=C)C1CCCN(C)CC1. The molecule has 1 fully saturated rings. The van der Waals surface area contributed by atoms with Gasteiger partial charge in [-0.1, -0.05) is 24.8 Å². The fourth-order valence-corrected chi connectivity index (χ4v) is 1.78. The molecular formula is C11H19N. The van der Waals surface area contributed by atoms with Gasteiger partial charge < -0.3 is 4.90 Å². The highest BCUT2D eigenvalue weighted by Gasteiger charge is 2.15. The van der Waals surface area contributed by atoms with Crippen molar-refractivity contribution < 1.29 is 0 Å². The van der Waals surface area contributed by atoms with Gasteiger partial charge >= 0.3 is 0 Å². The summed E-state index contributed by atoms with van der Waals surface area (Å²) in [5, 5.41) is 0. The van der Waals surface area contributed by atoms with Gasteiger partial charge in [-0.2, -0.15) is 0 Å². The van der Waals surface area contributed by atoms with E-state index in [1.165, 1.54) is 37.9 Å². The van der Waals surface area contributed by atoms with Crippen LogP contribution in [0.3, 0.4) is 0 Å². The Hall–Kier alpha value is -0.560. The van der Waals surface area contributed by atoms with Crippen molar-refractivity contribution in [2.24, 2.45) is 5.92 Å². The first-order valence-corrected chi connectivity index (χ1v) is 4.74. The molecule has 68 valence electrons. The third-order valence-electron chi connectivity index (χ3n) is 2.74. The van der Waals surface area contributed by atoms with E-state index in [9.17, 15) is 0 Å². The Morgan fingerprint density at radius 1 is 1.42 bits per heavy atom. The first kappa shape index (κ1) is 9.53.